The van der Waals surface area contributed by atoms with E-state index in [2.05, 4.69) is 25.9 Å². The fourth-order valence-electron chi connectivity index (χ4n) is 1.35. The maximum absolute atomic E-state index is 8.54. The van der Waals surface area contributed by atoms with E-state index in [4.69, 9.17) is 15.1 Å². The molecular formula is C16H11BrN2. The van der Waals surface area contributed by atoms with Gasteiger partial charge in [0.15, 0.2) is 0 Å². The van der Waals surface area contributed by atoms with Crippen LogP contribution in [0.5, 0.6) is 0 Å². The second-order valence-corrected chi connectivity index (χ2v) is 4.09. The number of nitrogens with zero attached hydrogens (tertiary/aromatic N) is 2. The standard InChI is InChI=1S/C16H11BrN2/c17-16-8-2-7-15(19-16)13-5-1-4-12(10-13)14-6-3-9-18-11-14/h1-11H/i1D,2D,3D,4D,5D,6D,7D,8D,9D,10D,11D. The van der Waals surface area contributed by atoms with Gasteiger partial charge in [-0.25, -0.2) is 4.98 Å². The molecule has 19 heavy (non-hydrogen) atoms. The Labute approximate surface area is 135 Å². The van der Waals surface area contributed by atoms with Crippen molar-refractivity contribution in [3.63, 3.8) is 0 Å². The molecule has 2 aromatic heterocycles. The number of benzene rings is 1. The highest BCUT2D eigenvalue weighted by atomic mass is 79.9. The zero-order valence-electron chi connectivity index (χ0n) is 20.3. The largest absolute Gasteiger partial charge is 0.264 e. The van der Waals surface area contributed by atoms with Gasteiger partial charge < -0.3 is 0 Å². The normalized spacial score (nSPS) is 18.5. The first-order valence-corrected chi connectivity index (χ1v) is 5.88. The molecule has 92 valence electrons. The van der Waals surface area contributed by atoms with Gasteiger partial charge in [-0.15, -0.1) is 0 Å². The predicted molar refractivity (Wildman–Crippen MR) is 80.6 cm³/mol. The molecule has 0 radical (unpaired) electrons. The highest BCUT2D eigenvalue weighted by Crippen LogP contribution is 2.25. The number of hydrogen-bond acceptors (Lipinski definition) is 2. The molecule has 0 unspecified atom stereocenters. The molecule has 0 aliphatic rings. The topological polar surface area (TPSA) is 25.8 Å². The Bertz CT molecular complexity index is 1230. The minimum atomic E-state index is -0.671. The van der Waals surface area contributed by atoms with Crippen LogP contribution in [0, 0.1) is 0 Å². The van der Waals surface area contributed by atoms with Gasteiger partial charge in [0.2, 0.25) is 0 Å². The van der Waals surface area contributed by atoms with Gasteiger partial charge in [-0.1, -0.05) is 30.2 Å². The molecule has 0 fully saturated rings. The second-order valence-electron chi connectivity index (χ2n) is 3.34. The van der Waals surface area contributed by atoms with Crippen LogP contribution in [-0.4, -0.2) is 9.97 Å². The average Bonchev–Trinajstić information content (AvgIpc) is 2.69. The summed E-state index contributed by atoms with van der Waals surface area (Å²) in [5.41, 5.74) is -1.58. The molecule has 0 saturated carbocycles. The quantitative estimate of drug-likeness (QED) is 0.646. The van der Waals surface area contributed by atoms with Crippen molar-refractivity contribution in [1.82, 2.24) is 9.97 Å². The van der Waals surface area contributed by atoms with E-state index in [1.54, 1.807) is 0 Å². The van der Waals surface area contributed by atoms with Crippen LogP contribution in [0.1, 0.15) is 15.1 Å². The molecule has 2 heterocycles. The summed E-state index contributed by atoms with van der Waals surface area (Å²) in [7, 11) is 0. The molecule has 0 aliphatic carbocycles. The van der Waals surface area contributed by atoms with Gasteiger partial charge in [-0.3, -0.25) is 4.98 Å². The first kappa shape index (κ1) is 4.84. The Kier molecular flexibility index (Phi) is 1.36. The van der Waals surface area contributed by atoms with E-state index in [1.807, 2.05) is 0 Å². The van der Waals surface area contributed by atoms with E-state index in [-0.39, 0.29) is 21.9 Å². The highest BCUT2D eigenvalue weighted by molar-refractivity contribution is 9.10. The Morgan fingerprint density at radius 2 is 1.68 bits per heavy atom. The van der Waals surface area contributed by atoms with Gasteiger partial charge in [0.1, 0.15) is 4.60 Å². The molecule has 0 amide bonds. The Morgan fingerprint density at radius 1 is 0.895 bits per heavy atom. The summed E-state index contributed by atoms with van der Waals surface area (Å²) in [6.07, 6.45) is -1.27. The molecular weight excluding hydrogens is 300 g/mol. The van der Waals surface area contributed by atoms with Crippen LogP contribution in [0.25, 0.3) is 22.4 Å². The molecule has 0 saturated heterocycles. The SMILES string of the molecule is [2H]c1nc([2H])c(-c2c([2H])c([2H])c([2H])c(-c3nc(Br)c([2H])c([2H])c3[2H])c2[2H])c([2H])c1[2H]. The van der Waals surface area contributed by atoms with Gasteiger partial charge in [0, 0.05) is 23.5 Å². The van der Waals surface area contributed by atoms with Crippen LogP contribution in [0.2, 0.25) is 0 Å². The van der Waals surface area contributed by atoms with Gasteiger partial charge in [-0.05, 0) is 45.7 Å². The maximum Gasteiger partial charge on any atom is 0.106 e. The number of rotatable bonds is 2. The average molecular weight is 322 g/mol. The van der Waals surface area contributed by atoms with Crippen molar-refractivity contribution < 1.29 is 15.1 Å². The van der Waals surface area contributed by atoms with Gasteiger partial charge in [-0.2, -0.15) is 0 Å². The van der Waals surface area contributed by atoms with Crippen molar-refractivity contribution >= 4 is 15.9 Å². The van der Waals surface area contributed by atoms with Gasteiger partial charge in [0.25, 0.3) is 0 Å². The lowest BCUT2D eigenvalue weighted by Crippen LogP contribution is -1.85. The van der Waals surface area contributed by atoms with Crippen molar-refractivity contribution in [3.05, 3.63) is 71.3 Å². The van der Waals surface area contributed by atoms with Crippen LogP contribution in [0.4, 0.5) is 0 Å². The van der Waals surface area contributed by atoms with E-state index < -0.39 is 71.8 Å². The van der Waals surface area contributed by atoms with E-state index in [0.717, 1.165) is 0 Å². The zero-order chi connectivity index (χ0) is 22.7. The fraction of sp³-hybridized carbons (Fsp3) is 0. The molecule has 3 heteroatoms. The summed E-state index contributed by atoms with van der Waals surface area (Å²) in [5, 5.41) is 0. The van der Waals surface area contributed by atoms with Crippen LogP contribution in [-0.2, 0) is 0 Å². The smallest absolute Gasteiger partial charge is 0.106 e. The Morgan fingerprint density at radius 3 is 2.63 bits per heavy atom. The van der Waals surface area contributed by atoms with Crippen LogP contribution >= 0.6 is 15.9 Å². The number of aromatic nitrogens is 2. The van der Waals surface area contributed by atoms with Gasteiger partial charge in [0.05, 0.1) is 20.8 Å². The monoisotopic (exact) mass is 321 g/mol. The second kappa shape index (κ2) is 5.33. The van der Waals surface area contributed by atoms with Crippen molar-refractivity contribution in [2.24, 2.45) is 0 Å². The van der Waals surface area contributed by atoms with Crippen LogP contribution in [0.3, 0.4) is 0 Å². The molecule has 0 aliphatic heterocycles. The molecule has 3 rings (SSSR count). The van der Waals surface area contributed by atoms with Gasteiger partial charge >= 0.3 is 0 Å². The maximum atomic E-state index is 8.54. The summed E-state index contributed by atoms with van der Waals surface area (Å²) in [6.45, 7) is 0. The molecule has 2 nitrogen and oxygen atoms in total. The molecule has 0 N–H and O–H groups in total. The van der Waals surface area contributed by atoms with E-state index >= 15 is 0 Å². The molecule has 0 atom stereocenters. The minimum Gasteiger partial charge on any atom is -0.264 e. The fourth-order valence-corrected chi connectivity index (χ4v) is 1.63. The Hall–Kier alpha value is -2.00. The third kappa shape index (κ3) is 2.71. The third-order valence-electron chi connectivity index (χ3n) is 2.14. The lowest BCUT2D eigenvalue weighted by Gasteiger charge is -2.05. The number of pyridine rings is 2. The molecule has 0 bridgehead atoms. The molecule has 3 aromatic rings. The molecule has 1 aromatic carbocycles. The first-order chi connectivity index (χ1) is 13.9. The van der Waals surface area contributed by atoms with Crippen LogP contribution in [0.15, 0.2) is 71.3 Å². The summed E-state index contributed by atoms with van der Waals surface area (Å²) in [5.74, 6) is 0. The lowest BCUT2D eigenvalue weighted by atomic mass is 10.0. The van der Waals surface area contributed by atoms with Crippen molar-refractivity contribution in [1.29, 1.82) is 0 Å². The van der Waals surface area contributed by atoms with Crippen molar-refractivity contribution in [2.45, 2.75) is 0 Å². The third-order valence-corrected chi connectivity index (χ3v) is 2.51. The zero-order valence-corrected chi connectivity index (χ0v) is 10.9. The lowest BCUT2D eigenvalue weighted by molar-refractivity contribution is 1.28. The minimum absolute atomic E-state index is 0.114. The number of halogens is 1. The van der Waals surface area contributed by atoms with Crippen molar-refractivity contribution in [3.8, 4) is 22.4 Å². The number of hydrogen-bond donors (Lipinski definition) is 0. The highest BCUT2D eigenvalue weighted by Gasteiger charge is 2.03. The van der Waals surface area contributed by atoms with Crippen molar-refractivity contribution in [2.75, 3.05) is 0 Å². The summed E-state index contributed by atoms with van der Waals surface area (Å²) >= 11 is 2.99. The first-order valence-electron chi connectivity index (χ1n) is 10.6. The predicted octanol–water partition coefficient (Wildman–Crippen LogP) is 4.57. The van der Waals surface area contributed by atoms with E-state index in [0.29, 0.717) is 0 Å². The summed E-state index contributed by atoms with van der Waals surface area (Å²) in [4.78, 5) is 7.51. The molecule has 0 spiro atoms. The van der Waals surface area contributed by atoms with E-state index in [9.17, 15) is 0 Å². The summed E-state index contributed by atoms with van der Waals surface area (Å²) < 4.78 is 88.0. The summed E-state index contributed by atoms with van der Waals surface area (Å²) in [6, 6.07) is -5.26. The Balaban J connectivity index is 2.51. The van der Waals surface area contributed by atoms with E-state index in [1.165, 1.54) is 0 Å². The van der Waals surface area contributed by atoms with Crippen LogP contribution < -0.4 is 0 Å².